The predicted molar refractivity (Wildman–Crippen MR) is 87.9 cm³/mol. The Kier molecular flexibility index (Phi) is 4.42. The van der Waals surface area contributed by atoms with Crippen molar-refractivity contribution in [1.82, 2.24) is 14.5 Å². The first-order chi connectivity index (χ1) is 11.9. The van der Waals surface area contributed by atoms with Crippen LogP contribution in [0, 0.1) is 0 Å². The van der Waals surface area contributed by atoms with Gasteiger partial charge in [0.25, 0.3) is 0 Å². The lowest BCUT2D eigenvalue weighted by Gasteiger charge is -2.11. The fraction of sp³-hybridized carbons (Fsp3) is 0.375. The molecule has 1 aromatic carbocycles. The Balaban J connectivity index is 2.30. The highest BCUT2D eigenvalue weighted by atomic mass is 19.4. The van der Waals surface area contributed by atoms with Gasteiger partial charge in [-0.2, -0.15) is 18.2 Å². The van der Waals surface area contributed by atoms with Crippen molar-refractivity contribution in [3.05, 3.63) is 23.9 Å². The van der Waals surface area contributed by atoms with Crippen LogP contribution in [0.3, 0.4) is 0 Å². The topological polar surface area (TPSA) is 61.2 Å². The minimum Gasteiger partial charge on any atom is -0.497 e. The summed E-state index contributed by atoms with van der Waals surface area (Å²) in [5.74, 6) is 0.380. The third-order valence-corrected chi connectivity index (χ3v) is 3.90. The van der Waals surface area contributed by atoms with E-state index in [9.17, 15) is 13.2 Å². The number of aromatic nitrogens is 3. The van der Waals surface area contributed by atoms with Crippen LogP contribution < -0.4 is 10.1 Å². The van der Waals surface area contributed by atoms with Gasteiger partial charge in [0.15, 0.2) is 5.69 Å². The molecular formula is C16H17F3N4O2. The summed E-state index contributed by atoms with van der Waals surface area (Å²) in [6.07, 6.45) is -4.61. The molecule has 2 heterocycles. The van der Waals surface area contributed by atoms with Crippen molar-refractivity contribution in [2.24, 2.45) is 7.05 Å². The second-order valence-electron chi connectivity index (χ2n) is 5.45. The second-order valence-corrected chi connectivity index (χ2v) is 5.45. The molecule has 0 aliphatic carbocycles. The maximum atomic E-state index is 13.6. The molecule has 9 heteroatoms. The van der Waals surface area contributed by atoms with Gasteiger partial charge >= 0.3 is 6.18 Å². The fourth-order valence-corrected chi connectivity index (χ4v) is 2.74. The number of hydrogen-bond acceptors (Lipinski definition) is 5. The van der Waals surface area contributed by atoms with E-state index in [-0.39, 0.29) is 17.0 Å². The van der Waals surface area contributed by atoms with Crippen LogP contribution >= 0.6 is 0 Å². The minimum atomic E-state index is -4.61. The molecule has 0 radical (unpaired) electrons. The molecule has 0 aliphatic rings. The smallest absolute Gasteiger partial charge is 0.434 e. The van der Waals surface area contributed by atoms with Crippen molar-refractivity contribution in [2.75, 3.05) is 32.7 Å². The van der Waals surface area contributed by atoms with E-state index in [1.54, 1.807) is 29.8 Å². The normalized spacial score (nSPS) is 12.1. The van der Waals surface area contributed by atoms with Gasteiger partial charge in [0.2, 0.25) is 5.95 Å². The molecule has 0 aliphatic heterocycles. The molecule has 3 rings (SSSR count). The number of alkyl halides is 3. The van der Waals surface area contributed by atoms with Gasteiger partial charge in [-0.3, -0.25) is 0 Å². The number of aryl methyl sites for hydroxylation is 1. The summed E-state index contributed by atoms with van der Waals surface area (Å²) in [4.78, 5) is 7.96. The number of ether oxygens (including phenoxy) is 2. The first-order valence-corrected chi connectivity index (χ1v) is 7.51. The molecule has 3 aromatic rings. The minimum absolute atomic E-state index is 0.0406. The quantitative estimate of drug-likeness (QED) is 0.713. The van der Waals surface area contributed by atoms with Gasteiger partial charge in [0.05, 0.1) is 24.6 Å². The van der Waals surface area contributed by atoms with Gasteiger partial charge in [-0.1, -0.05) is 0 Å². The summed E-state index contributed by atoms with van der Waals surface area (Å²) >= 11 is 0. The zero-order valence-electron chi connectivity index (χ0n) is 13.9. The lowest BCUT2D eigenvalue weighted by Crippen LogP contribution is -2.15. The number of halogens is 3. The fourth-order valence-electron chi connectivity index (χ4n) is 2.74. The lowest BCUT2D eigenvalue weighted by molar-refractivity contribution is -0.139. The number of fused-ring (bicyclic) bond motifs is 3. The molecule has 2 aromatic heterocycles. The van der Waals surface area contributed by atoms with Gasteiger partial charge in [-0.25, -0.2) is 4.98 Å². The van der Waals surface area contributed by atoms with Crippen LogP contribution in [0.2, 0.25) is 0 Å². The molecule has 0 unspecified atom stereocenters. The van der Waals surface area contributed by atoms with E-state index in [0.717, 1.165) is 0 Å². The Bertz CT molecular complexity index is 921. The number of anilines is 1. The number of nitrogens with zero attached hydrogens (tertiary/aromatic N) is 3. The highest BCUT2D eigenvalue weighted by molar-refractivity contribution is 6.08. The monoisotopic (exact) mass is 354 g/mol. The summed E-state index contributed by atoms with van der Waals surface area (Å²) < 4.78 is 52.5. The van der Waals surface area contributed by atoms with Crippen LogP contribution in [0.4, 0.5) is 19.1 Å². The van der Waals surface area contributed by atoms with Gasteiger partial charge in [0.1, 0.15) is 11.4 Å². The number of benzene rings is 1. The maximum absolute atomic E-state index is 13.6. The zero-order chi connectivity index (χ0) is 18.2. The van der Waals surface area contributed by atoms with Gasteiger partial charge < -0.3 is 19.4 Å². The first kappa shape index (κ1) is 17.3. The zero-order valence-corrected chi connectivity index (χ0v) is 13.9. The van der Waals surface area contributed by atoms with Crippen molar-refractivity contribution >= 4 is 27.9 Å². The molecule has 0 saturated carbocycles. The molecule has 0 fully saturated rings. The average Bonchev–Trinajstić information content (AvgIpc) is 2.86. The van der Waals surface area contributed by atoms with Gasteiger partial charge in [-0.05, 0) is 18.2 Å². The van der Waals surface area contributed by atoms with Crippen molar-refractivity contribution < 1.29 is 22.6 Å². The van der Waals surface area contributed by atoms with Crippen molar-refractivity contribution in [2.45, 2.75) is 6.18 Å². The lowest BCUT2D eigenvalue weighted by atomic mass is 10.1. The number of rotatable bonds is 5. The summed E-state index contributed by atoms with van der Waals surface area (Å²) in [5.41, 5.74) is -0.161. The Morgan fingerprint density at radius 3 is 2.60 bits per heavy atom. The summed E-state index contributed by atoms with van der Waals surface area (Å²) in [7, 11) is 4.64. The molecule has 0 amide bonds. The number of nitrogens with one attached hydrogen (secondary N) is 1. The summed E-state index contributed by atoms with van der Waals surface area (Å²) in [5, 5.41) is 3.11. The Hall–Kier alpha value is -2.55. The number of hydrogen-bond donors (Lipinski definition) is 1. The highest BCUT2D eigenvalue weighted by Crippen LogP contribution is 2.39. The second kappa shape index (κ2) is 6.40. The SMILES string of the molecule is COCCNc1nc(C(F)(F)F)c2c3cc(OC)ccc3n(C)c2n1. The van der Waals surface area contributed by atoms with E-state index >= 15 is 0 Å². The van der Waals surface area contributed by atoms with Crippen LogP contribution in [0.5, 0.6) is 5.75 Å². The molecule has 0 spiro atoms. The molecule has 1 N–H and O–H groups in total. The molecule has 6 nitrogen and oxygen atoms in total. The molecule has 25 heavy (non-hydrogen) atoms. The van der Waals surface area contributed by atoms with Gasteiger partial charge in [-0.15, -0.1) is 0 Å². The van der Waals surface area contributed by atoms with Crippen LogP contribution in [0.1, 0.15) is 5.69 Å². The summed E-state index contributed by atoms with van der Waals surface area (Å²) in [6.45, 7) is 0.631. The highest BCUT2D eigenvalue weighted by Gasteiger charge is 2.37. The first-order valence-electron chi connectivity index (χ1n) is 7.51. The maximum Gasteiger partial charge on any atom is 0.434 e. The predicted octanol–water partition coefficient (Wildman–Crippen LogP) is 3.21. The Morgan fingerprint density at radius 1 is 1.20 bits per heavy atom. The molecule has 0 saturated heterocycles. The molecule has 0 atom stereocenters. The third-order valence-electron chi connectivity index (χ3n) is 3.90. The van der Waals surface area contributed by atoms with Crippen molar-refractivity contribution in [1.29, 1.82) is 0 Å². The Morgan fingerprint density at radius 2 is 1.96 bits per heavy atom. The van der Waals surface area contributed by atoms with Gasteiger partial charge in [0, 0.05) is 26.1 Å². The van der Waals surface area contributed by atoms with E-state index in [1.807, 2.05) is 0 Å². The van der Waals surface area contributed by atoms with Crippen LogP contribution in [-0.4, -0.2) is 41.9 Å². The molecular weight excluding hydrogens is 337 g/mol. The van der Waals surface area contributed by atoms with E-state index < -0.39 is 11.9 Å². The Labute approximate surface area is 141 Å². The molecule has 0 bridgehead atoms. The largest absolute Gasteiger partial charge is 0.497 e. The van der Waals surface area contributed by atoms with E-state index in [1.165, 1.54) is 14.2 Å². The van der Waals surface area contributed by atoms with Crippen LogP contribution in [0.15, 0.2) is 18.2 Å². The standard InChI is InChI=1S/C16H17F3N4O2/c1-23-11-5-4-9(25-3)8-10(11)12-13(16(17,18)19)21-15(22-14(12)23)20-6-7-24-2/h4-5,8H,6-7H2,1-3H3,(H,20,21,22). The van der Waals surface area contributed by atoms with Crippen LogP contribution in [0.25, 0.3) is 21.9 Å². The average molecular weight is 354 g/mol. The number of methoxy groups -OCH3 is 2. The van der Waals surface area contributed by atoms with E-state index in [2.05, 4.69) is 15.3 Å². The van der Waals surface area contributed by atoms with Crippen molar-refractivity contribution in [3.8, 4) is 5.75 Å². The van der Waals surface area contributed by atoms with E-state index in [0.29, 0.717) is 29.8 Å². The van der Waals surface area contributed by atoms with Crippen molar-refractivity contribution in [3.63, 3.8) is 0 Å². The van der Waals surface area contributed by atoms with Crippen LogP contribution in [-0.2, 0) is 18.0 Å². The van der Waals surface area contributed by atoms with E-state index in [4.69, 9.17) is 9.47 Å². The third kappa shape index (κ3) is 3.07. The summed E-state index contributed by atoms with van der Waals surface area (Å²) in [6, 6.07) is 4.96. The molecule has 134 valence electrons.